The van der Waals surface area contributed by atoms with Gasteiger partial charge in [0.1, 0.15) is 12.4 Å². The standard InChI is InChI=1S/C13H19NO3S/c14-12-7-3-4-8-13(12)17-9-10-18(15,16)11-5-1-2-6-11/h3-4,7-8,11H,1-2,5-6,9-10,14H2. The maximum Gasteiger partial charge on any atom is 0.156 e. The molecule has 2 rings (SSSR count). The average Bonchev–Trinajstić information content (AvgIpc) is 2.86. The number of rotatable bonds is 5. The molecular weight excluding hydrogens is 250 g/mol. The van der Waals surface area contributed by atoms with Crippen molar-refractivity contribution in [2.24, 2.45) is 0 Å². The van der Waals surface area contributed by atoms with Gasteiger partial charge < -0.3 is 10.5 Å². The fourth-order valence-corrected chi connectivity index (χ4v) is 3.99. The molecule has 1 aromatic rings. The number of sulfone groups is 1. The Morgan fingerprint density at radius 1 is 1.22 bits per heavy atom. The molecule has 0 radical (unpaired) electrons. The van der Waals surface area contributed by atoms with E-state index in [2.05, 4.69) is 0 Å². The van der Waals surface area contributed by atoms with Crippen LogP contribution in [0.15, 0.2) is 24.3 Å². The molecule has 0 spiro atoms. The lowest BCUT2D eigenvalue weighted by Gasteiger charge is -2.12. The highest BCUT2D eigenvalue weighted by atomic mass is 32.2. The first-order valence-corrected chi connectivity index (χ1v) is 8.00. The molecule has 0 aromatic heterocycles. The highest BCUT2D eigenvalue weighted by molar-refractivity contribution is 7.92. The number of benzene rings is 1. The summed E-state index contributed by atoms with van der Waals surface area (Å²) in [5, 5.41) is -0.158. The van der Waals surface area contributed by atoms with Gasteiger partial charge in [-0.25, -0.2) is 8.42 Å². The predicted octanol–water partition coefficient (Wildman–Crippen LogP) is 2.00. The molecule has 0 unspecified atom stereocenters. The SMILES string of the molecule is Nc1ccccc1OCCS(=O)(=O)C1CCCC1. The minimum atomic E-state index is -3.01. The molecular formula is C13H19NO3S. The first-order valence-electron chi connectivity index (χ1n) is 6.28. The number of anilines is 1. The maximum atomic E-state index is 12.0. The van der Waals surface area contributed by atoms with Crippen molar-refractivity contribution in [3.63, 3.8) is 0 Å². The number of nitrogen functional groups attached to an aromatic ring is 1. The molecule has 2 N–H and O–H groups in total. The predicted molar refractivity (Wildman–Crippen MR) is 72.4 cm³/mol. The minimum absolute atomic E-state index is 0.0754. The van der Waals surface area contributed by atoms with E-state index in [4.69, 9.17) is 10.5 Å². The van der Waals surface area contributed by atoms with Crippen LogP contribution in [0.5, 0.6) is 5.75 Å². The Labute approximate surface area is 108 Å². The second-order valence-corrected chi connectivity index (χ2v) is 7.06. The molecule has 0 heterocycles. The summed E-state index contributed by atoms with van der Waals surface area (Å²) in [5.41, 5.74) is 6.26. The smallest absolute Gasteiger partial charge is 0.156 e. The van der Waals surface area contributed by atoms with Crippen molar-refractivity contribution in [1.29, 1.82) is 0 Å². The molecule has 1 aliphatic carbocycles. The molecule has 0 saturated heterocycles. The summed E-state index contributed by atoms with van der Waals surface area (Å²) in [6, 6.07) is 7.12. The largest absolute Gasteiger partial charge is 0.490 e. The topological polar surface area (TPSA) is 69.4 Å². The minimum Gasteiger partial charge on any atom is -0.490 e. The Morgan fingerprint density at radius 2 is 1.89 bits per heavy atom. The number of hydrogen-bond acceptors (Lipinski definition) is 4. The molecule has 1 aromatic carbocycles. The van der Waals surface area contributed by atoms with Crippen molar-refractivity contribution in [3.05, 3.63) is 24.3 Å². The van der Waals surface area contributed by atoms with Gasteiger partial charge in [-0.3, -0.25) is 0 Å². The number of nitrogens with two attached hydrogens (primary N) is 1. The molecule has 18 heavy (non-hydrogen) atoms. The summed E-state index contributed by atoms with van der Waals surface area (Å²) in [7, 11) is -3.01. The molecule has 0 bridgehead atoms. The van der Waals surface area contributed by atoms with Crippen molar-refractivity contribution in [2.45, 2.75) is 30.9 Å². The first-order chi connectivity index (χ1) is 8.59. The summed E-state index contributed by atoms with van der Waals surface area (Å²) < 4.78 is 29.4. The van der Waals surface area contributed by atoms with Gasteiger partial charge in [-0.05, 0) is 25.0 Å². The molecule has 0 amide bonds. The van der Waals surface area contributed by atoms with Crippen molar-refractivity contribution in [2.75, 3.05) is 18.1 Å². The van der Waals surface area contributed by atoms with Crippen LogP contribution >= 0.6 is 0 Å². The van der Waals surface area contributed by atoms with Crippen LogP contribution < -0.4 is 10.5 Å². The second kappa shape index (κ2) is 5.61. The van der Waals surface area contributed by atoms with Crippen LogP contribution in [0, 0.1) is 0 Å². The van der Waals surface area contributed by atoms with E-state index in [-0.39, 0.29) is 17.6 Å². The highest BCUT2D eigenvalue weighted by Gasteiger charge is 2.28. The van der Waals surface area contributed by atoms with E-state index in [0.717, 1.165) is 25.7 Å². The van der Waals surface area contributed by atoms with Crippen LogP contribution in [-0.4, -0.2) is 26.0 Å². The van der Waals surface area contributed by atoms with Crippen LogP contribution in [0.25, 0.3) is 0 Å². The van der Waals surface area contributed by atoms with Gasteiger partial charge in [0.05, 0.1) is 16.7 Å². The van der Waals surface area contributed by atoms with Crippen molar-refractivity contribution in [3.8, 4) is 5.75 Å². The normalized spacial score (nSPS) is 16.9. The van der Waals surface area contributed by atoms with Crippen LogP contribution in [0.1, 0.15) is 25.7 Å². The molecule has 0 atom stereocenters. The Morgan fingerprint density at radius 3 is 2.56 bits per heavy atom. The molecule has 5 heteroatoms. The van der Waals surface area contributed by atoms with Crippen molar-refractivity contribution in [1.82, 2.24) is 0 Å². The fraction of sp³-hybridized carbons (Fsp3) is 0.538. The summed E-state index contributed by atoms with van der Waals surface area (Å²) in [6.07, 6.45) is 3.65. The number of para-hydroxylation sites is 2. The lowest BCUT2D eigenvalue weighted by Crippen LogP contribution is -2.24. The van der Waals surface area contributed by atoms with Gasteiger partial charge in [-0.15, -0.1) is 0 Å². The van der Waals surface area contributed by atoms with Crippen LogP contribution in [0.2, 0.25) is 0 Å². The van der Waals surface area contributed by atoms with Gasteiger partial charge in [-0.2, -0.15) is 0 Å². The monoisotopic (exact) mass is 269 g/mol. The van der Waals surface area contributed by atoms with Crippen LogP contribution in [0.3, 0.4) is 0 Å². The average molecular weight is 269 g/mol. The number of ether oxygens (including phenoxy) is 1. The van der Waals surface area contributed by atoms with Gasteiger partial charge in [0, 0.05) is 0 Å². The Hall–Kier alpha value is -1.23. The third kappa shape index (κ3) is 3.16. The zero-order valence-corrected chi connectivity index (χ0v) is 11.2. The zero-order chi connectivity index (χ0) is 13.0. The van der Waals surface area contributed by atoms with Gasteiger partial charge >= 0.3 is 0 Å². The highest BCUT2D eigenvalue weighted by Crippen LogP contribution is 2.25. The Kier molecular flexibility index (Phi) is 4.11. The maximum absolute atomic E-state index is 12.0. The first kappa shape index (κ1) is 13.2. The molecule has 4 nitrogen and oxygen atoms in total. The molecule has 100 valence electrons. The van der Waals surface area contributed by atoms with Gasteiger partial charge in [0.2, 0.25) is 0 Å². The van der Waals surface area contributed by atoms with E-state index < -0.39 is 9.84 Å². The van der Waals surface area contributed by atoms with E-state index in [1.54, 1.807) is 12.1 Å². The van der Waals surface area contributed by atoms with Crippen molar-refractivity contribution < 1.29 is 13.2 Å². The van der Waals surface area contributed by atoms with Crippen LogP contribution in [-0.2, 0) is 9.84 Å². The quantitative estimate of drug-likeness (QED) is 0.830. The lowest BCUT2D eigenvalue weighted by atomic mass is 10.3. The summed E-state index contributed by atoms with van der Waals surface area (Å²) in [5.74, 6) is 0.630. The number of hydrogen-bond donors (Lipinski definition) is 1. The second-order valence-electron chi connectivity index (χ2n) is 4.66. The van der Waals surface area contributed by atoms with E-state index in [9.17, 15) is 8.42 Å². The zero-order valence-electron chi connectivity index (χ0n) is 10.3. The molecule has 1 saturated carbocycles. The molecule has 1 fully saturated rings. The third-order valence-corrected chi connectivity index (χ3v) is 5.58. The fourth-order valence-electron chi connectivity index (χ4n) is 2.29. The van der Waals surface area contributed by atoms with Gasteiger partial charge in [-0.1, -0.05) is 25.0 Å². The van der Waals surface area contributed by atoms with Crippen LogP contribution in [0.4, 0.5) is 5.69 Å². The van der Waals surface area contributed by atoms with E-state index in [1.807, 2.05) is 12.1 Å². The summed E-state index contributed by atoms with van der Waals surface area (Å²) >= 11 is 0. The third-order valence-electron chi connectivity index (χ3n) is 3.35. The summed E-state index contributed by atoms with van der Waals surface area (Å²) in [6.45, 7) is 0.174. The van der Waals surface area contributed by atoms with Gasteiger partial charge in [0.15, 0.2) is 9.84 Å². The summed E-state index contributed by atoms with van der Waals surface area (Å²) in [4.78, 5) is 0. The van der Waals surface area contributed by atoms with Gasteiger partial charge in [0.25, 0.3) is 0 Å². The van der Waals surface area contributed by atoms with E-state index in [1.165, 1.54) is 0 Å². The van der Waals surface area contributed by atoms with E-state index >= 15 is 0 Å². The van der Waals surface area contributed by atoms with E-state index in [0.29, 0.717) is 11.4 Å². The Bertz CT molecular complexity index is 493. The lowest BCUT2D eigenvalue weighted by molar-refractivity contribution is 0.342. The van der Waals surface area contributed by atoms with Crippen molar-refractivity contribution >= 4 is 15.5 Å². The Balaban J connectivity index is 1.87. The molecule has 0 aliphatic heterocycles. The molecule has 1 aliphatic rings.